The number of hydrogen-bond donors (Lipinski definition) is 2. The second kappa shape index (κ2) is 8.63. The molecule has 0 atom stereocenters. The summed E-state index contributed by atoms with van der Waals surface area (Å²) in [6, 6.07) is 11.4. The summed E-state index contributed by atoms with van der Waals surface area (Å²) in [4.78, 5) is 12.2. The summed E-state index contributed by atoms with van der Waals surface area (Å²) in [7, 11) is 1.51. The predicted molar refractivity (Wildman–Crippen MR) is 100 cm³/mol. The van der Waals surface area contributed by atoms with Crippen LogP contribution < -0.4 is 15.4 Å². The molecule has 2 aromatic rings. The Balaban J connectivity index is 2.14. The Morgan fingerprint density at radius 3 is 2.56 bits per heavy atom. The second-order valence-corrected chi connectivity index (χ2v) is 5.99. The lowest BCUT2D eigenvalue weighted by molar-refractivity contribution is -0.112. The molecule has 2 aromatic carbocycles. The van der Waals surface area contributed by atoms with E-state index < -0.39 is 5.91 Å². The minimum absolute atomic E-state index is 0.150. The fraction of sp³-hybridized carbons (Fsp3) is 0.0588. The van der Waals surface area contributed by atoms with Gasteiger partial charge in [-0.1, -0.05) is 34.8 Å². The van der Waals surface area contributed by atoms with Gasteiger partial charge in [-0.3, -0.25) is 4.79 Å². The van der Waals surface area contributed by atoms with Crippen LogP contribution in [0, 0.1) is 11.3 Å². The van der Waals surface area contributed by atoms with Crippen LogP contribution in [0.25, 0.3) is 0 Å². The maximum Gasteiger partial charge on any atom is 0.267 e. The van der Waals surface area contributed by atoms with Crippen LogP contribution in [0.4, 0.5) is 11.4 Å². The first-order chi connectivity index (χ1) is 11.9. The van der Waals surface area contributed by atoms with Gasteiger partial charge in [-0.15, -0.1) is 0 Å². The number of ether oxygens (including phenoxy) is 1. The van der Waals surface area contributed by atoms with E-state index >= 15 is 0 Å². The average molecular weight is 397 g/mol. The van der Waals surface area contributed by atoms with Crippen molar-refractivity contribution in [3.05, 3.63) is 63.2 Å². The SMILES string of the molecule is COc1ccc(N/C=C(/C#N)C(=O)Nc2cc(Cl)ccc2Cl)cc1Cl. The molecule has 0 aliphatic carbocycles. The topological polar surface area (TPSA) is 74.1 Å². The summed E-state index contributed by atoms with van der Waals surface area (Å²) in [6.45, 7) is 0. The van der Waals surface area contributed by atoms with Crippen molar-refractivity contribution in [2.45, 2.75) is 0 Å². The van der Waals surface area contributed by atoms with Gasteiger partial charge in [0, 0.05) is 16.9 Å². The molecule has 2 rings (SSSR count). The monoisotopic (exact) mass is 395 g/mol. The Morgan fingerprint density at radius 2 is 1.92 bits per heavy atom. The van der Waals surface area contributed by atoms with Gasteiger partial charge < -0.3 is 15.4 Å². The lowest BCUT2D eigenvalue weighted by Gasteiger charge is -2.08. The summed E-state index contributed by atoms with van der Waals surface area (Å²) in [5.41, 5.74) is 0.753. The molecule has 0 bridgehead atoms. The quantitative estimate of drug-likeness (QED) is 0.544. The molecule has 0 unspecified atom stereocenters. The van der Waals surface area contributed by atoms with Gasteiger partial charge in [-0.2, -0.15) is 5.26 Å². The highest BCUT2D eigenvalue weighted by Gasteiger charge is 2.12. The summed E-state index contributed by atoms with van der Waals surface area (Å²) in [5.74, 6) is -0.108. The maximum atomic E-state index is 12.2. The van der Waals surface area contributed by atoms with Gasteiger partial charge >= 0.3 is 0 Å². The minimum atomic E-state index is -0.626. The van der Waals surface area contributed by atoms with Crippen LogP contribution in [0.15, 0.2) is 48.2 Å². The van der Waals surface area contributed by atoms with Crippen LogP contribution in [-0.2, 0) is 4.79 Å². The van der Waals surface area contributed by atoms with Gasteiger partial charge in [-0.05, 0) is 36.4 Å². The Labute approximate surface area is 159 Å². The molecule has 128 valence electrons. The molecule has 25 heavy (non-hydrogen) atoms. The largest absolute Gasteiger partial charge is 0.495 e. The van der Waals surface area contributed by atoms with Gasteiger partial charge in [0.2, 0.25) is 0 Å². The molecule has 0 radical (unpaired) electrons. The lowest BCUT2D eigenvalue weighted by atomic mass is 10.2. The number of rotatable bonds is 5. The van der Waals surface area contributed by atoms with E-state index in [-0.39, 0.29) is 5.57 Å². The van der Waals surface area contributed by atoms with Gasteiger partial charge in [0.1, 0.15) is 17.4 Å². The standard InChI is InChI=1S/C17H12Cl3N3O2/c1-25-16-5-3-12(7-14(16)20)22-9-10(8-21)17(24)23-15-6-11(18)2-4-13(15)19/h2-7,9,22H,1H3,(H,23,24)/b10-9-. The van der Waals surface area contributed by atoms with Crippen molar-refractivity contribution < 1.29 is 9.53 Å². The van der Waals surface area contributed by atoms with Crippen LogP contribution in [-0.4, -0.2) is 13.0 Å². The number of carbonyl (C=O) groups is 1. The predicted octanol–water partition coefficient (Wildman–Crippen LogP) is 5.11. The molecule has 0 saturated carbocycles. The van der Waals surface area contributed by atoms with E-state index in [9.17, 15) is 10.1 Å². The Bertz CT molecular complexity index is 876. The van der Waals surface area contributed by atoms with Crippen LogP contribution in [0.1, 0.15) is 0 Å². The highest BCUT2D eigenvalue weighted by Crippen LogP contribution is 2.28. The number of methoxy groups -OCH3 is 1. The molecule has 0 aromatic heterocycles. The molecular formula is C17H12Cl3N3O2. The lowest BCUT2D eigenvalue weighted by Crippen LogP contribution is -2.14. The van der Waals surface area contributed by atoms with Crippen LogP contribution in [0.2, 0.25) is 15.1 Å². The first-order valence-corrected chi connectivity index (χ1v) is 8.04. The molecule has 0 heterocycles. The number of nitriles is 1. The fourth-order valence-electron chi connectivity index (χ4n) is 1.84. The Hall–Kier alpha value is -2.39. The van der Waals surface area contributed by atoms with E-state index in [0.717, 1.165) is 0 Å². The maximum absolute atomic E-state index is 12.2. The summed E-state index contributed by atoms with van der Waals surface area (Å²) in [5, 5.41) is 15.7. The minimum Gasteiger partial charge on any atom is -0.495 e. The van der Waals surface area contributed by atoms with Crippen molar-refractivity contribution in [2.24, 2.45) is 0 Å². The highest BCUT2D eigenvalue weighted by molar-refractivity contribution is 6.36. The van der Waals surface area contributed by atoms with Crippen molar-refractivity contribution in [1.82, 2.24) is 0 Å². The summed E-state index contributed by atoms with van der Waals surface area (Å²) in [6.07, 6.45) is 1.27. The number of carbonyl (C=O) groups excluding carboxylic acids is 1. The number of hydrogen-bond acceptors (Lipinski definition) is 4. The average Bonchev–Trinajstić information content (AvgIpc) is 2.59. The summed E-state index contributed by atoms with van der Waals surface area (Å²) < 4.78 is 5.06. The number of nitrogens with zero attached hydrogens (tertiary/aromatic N) is 1. The Morgan fingerprint density at radius 1 is 1.16 bits per heavy atom. The zero-order valence-corrected chi connectivity index (χ0v) is 15.2. The van der Waals surface area contributed by atoms with E-state index in [0.29, 0.717) is 32.2 Å². The van der Waals surface area contributed by atoms with E-state index in [1.165, 1.54) is 19.4 Å². The molecule has 1 amide bonds. The number of benzene rings is 2. The molecule has 8 heteroatoms. The van der Waals surface area contributed by atoms with Gasteiger partial charge in [0.25, 0.3) is 5.91 Å². The molecule has 0 aliphatic heterocycles. The van der Waals surface area contributed by atoms with Crippen molar-refractivity contribution in [3.63, 3.8) is 0 Å². The van der Waals surface area contributed by atoms with Crippen molar-refractivity contribution in [1.29, 1.82) is 5.26 Å². The molecule has 5 nitrogen and oxygen atoms in total. The van der Waals surface area contributed by atoms with Gasteiger partial charge in [-0.25, -0.2) is 0 Å². The number of anilines is 2. The number of halogens is 3. The normalized spacial score (nSPS) is 10.8. The number of nitrogens with one attached hydrogen (secondary N) is 2. The Kier molecular flexibility index (Phi) is 6.54. The summed E-state index contributed by atoms with van der Waals surface area (Å²) >= 11 is 17.9. The highest BCUT2D eigenvalue weighted by atomic mass is 35.5. The zero-order valence-electron chi connectivity index (χ0n) is 12.9. The van der Waals surface area contributed by atoms with Crippen molar-refractivity contribution in [3.8, 4) is 11.8 Å². The fourth-order valence-corrected chi connectivity index (χ4v) is 2.44. The molecule has 0 saturated heterocycles. The first kappa shape index (κ1) is 18.9. The van der Waals surface area contributed by atoms with Crippen LogP contribution in [0.3, 0.4) is 0 Å². The first-order valence-electron chi connectivity index (χ1n) is 6.91. The molecule has 0 fully saturated rings. The van der Waals surface area contributed by atoms with Crippen LogP contribution in [0.5, 0.6) is 5.75 Å². The van der Waals surface area contributed by atoms with E-state index in [4.69, 9.17) is 39.5 Å². The molecule has 2 N–H and O–H groups in total. The van der Waals surface area contributed by atoms with Crippen molar-refractivity contribution >= 4 is 52.1 Å². The zero-order chi connectivity index (χ0) is 18.4. The van der Waals surface area contributed by atoms with Crippen molar-refractivity contribution in [2.75, 3.05) is 17.7 Å². The van der Waals surface area contributed by atoms with E-state index in [2.05, 4.69) is 10.6 Å². The third-order valence-electron chi connectivity index (χ3n) is 3.08. The molecular weight excluding hydrogens is 385 g/mol. The third-order valence-corrected chi connectivity index (χ3v) is 3.94. The number of amides is 1. The molecule has 0 spiro atoms. The van der Waals surface area contributed by atoms with Gasteiger partial charge in [0.05, 0.1) is 22.8 Å². The molecule has 0 aliphatic rings. The third kappa shape index (κ3) is 5.04. The van der Waals surface area contributed by atoms with Crippen LogP contribution >= 0.6 is 34.8 Å². The smallest absolute Gasteiger partial charge is 0.267 e. The van der Waals surface area contributed by atoms with E-state index in [1.807, 2.05) is 6.07 Å². The van der Waals surface area contributed by atoms with E-state index in [1.54, 1.807) is 30.3 Å². The van der Waals surface area contributed by atoms with Gasteiger partial charge in [0.15, 0.2) is 0 Å². The second-order valence-electron chi connectivity index (χ2n) is 4.74.